The van der Waals surface area contributed by atoms with E-state index in [1.54, 1.807) is 4.90 Å². The van der Waals surface area contributed by atoms with Crippen LogP contribution in [0.25, 0.3) is 21.8 Å². The third-order valence-electron chi connectivity index (χ3n) is 4.03. The Labute approximate surface area is 140 Å². The number of benzene rings is 2. The Bertz CT molecular complexity index is 923. The molecule has 0 atom stereocenters. The molecule has 0 unspecified atom stereocenters. The molecule has 1 amide bonds. The van der Waals surface area contributed by atoms with E-state index in [1.807, 2.05) is 36.4 Å². The Morgan fingerprint density at radius 1 is 1.18 bits per heavy atom. The summed E-state index contributed by atoms with van der Waals surface area (Å²) < 4.78 is 1.08. The summed E-state index contributed by atoms with van der Waals surface area (Å²) >= 11 is 2.25. The first-order valence-electron chi connectivity index (χ1n) is 7.15. The van der Waals surface area contributed by atoms with Gasteiger partial charge in [0.25, 0.3) is 5.91 Å². The number of hydrogen-bond acceptors (Lipinski definition) is 3. The molecular weight excluding hydrogens is 391 g/mol. The largest absolute Gasteiger partial charge is 0.396 e. The number of rotatable bonds is 3. The summed E-state index contributed by atoms with van der Waals surface area (Å²) in [4.78, 5) is 19.4. The van der Waals surface area contributed by atoms with Gasteiger partial charge >= 0.3 is 0 Å². The maximum Gasteiger partial charge on any atom is 0.259 e. The molecule has 0 saturated carbocycles. The van der Waals surface area contributed by atoms with E-state index in [9.17, 15) is 4.79 Å². The van der Waals surface area contributed by atoms with Gasteiger partial charge in [-0.1, -0.05) is 6.07 Å². The second kappa shape index (κ2) is 5.17. The Morgan fingerprint density at radius 2 is 2.05 bits per heavy atom. The quantitative estimate of drug-likeness (QED) is 0.538. The number of amides is 1. The van der Waals surface area contributed by atoms with E-state index in [1.165, 1.54) is 0 Å². The number of nitrogens with zero attached hydrogens (tertiary/aromatic N) is 2. The topological polar surface area (TPSA) is 53.4 Å². The zero-order valence-electron chi connectivity index (χ0n) is 11.7. The molecule has 0 radical (unpaired) electrons. The van der Waals surface area contributed by atoms with Crippen LogP contribution in [0.2, 0.25) is 0 Å². The molecule has 0 fully saturated rings. The number of pyridine rings is 1. The number of carbonyl (C=O) groups is 1. The van der Waals surface area contributed by atoms with E-state index in [0.717, 1.165) is 36.6 Å². The molecule has 1 aliphatic heterocycles. The van der Waals surface area contributed by atoms with Crippen molar-refractivity contribution in [1.82, 2.24) is 4.98 Å². The Hall–Kier alpha value is -1.73. The Balaban J connectivity index is 2.06. The van der Waals surface area contributed by atoms with Crippen LogP contribution in [-0.4, -0.2) is 29.1 Å². The predicted molar refractivity (Wildman–Crippen MR) is 95.3 cm³/mol. The molecule has 1 N–H and O–H groups in total. The summed E-state index contributed by atoms with van der Waals surface area (Å²) in [6.45, 7) is 0.599. The Kier molecular flexibility index (Phi) is 3.27. The highest BCUT2D eigenvalue weighted by molar-refractivity contribution is 14.1. The van der Waals surface area contributed by atoms with Crippen LogP contribution in [0, 0.1) is 3.57 Å². The molecule has 110 valence electrons. The first-order chi connectivity index (χ1) is 10.7. The van der Waals surface area contributed by atoms with Crippen LogP contribution in [0.1, 0.15) is 16.8 Å². The summed E-state index contributed by atoms with van der Waals surface area (Å²) in [7, 11) is 0. The molecule has 0 spiro atoms. The van der Waals surface area contributed by atoms with Gasteiger partial charge in [-0.15, -0.1) is 0 Å². The van der Waals surface area contributed by atoms with Crippen molar-refractivity contribution in [2.45, 2.75) is 6.42 Å². The average Bonchev–Trinajstić information content (AvgIpc) is 2.80. The van der Waals surface area contributed by atoms with Crippen molar-refractivity contribution in [3.63, 3.8) is 0 Å². The van der Waals surface area contributed by atoms with Crippen LogP contribution in [-0.2, 0) is 0 Å². The predicted octanol–water partition coefficient (Wildman–Crippen LogP) is 3.34. The molecule has 2 heterocycles. The van der Waals surface area contributed by atoms with Crippen LogP contribution in [0.3, 0.4) is 0 Å². The van der Waals surface area contributed by atoms with Crippen molar-refractivity contribution in [3.05, 3.63) is 45.5 Å². The minimum Gasteiger partial charge on any atom is -0.396 e. The van der Waals surface area contributed by atoms with Gasteiger partial charge in [0.1, 0.15) is 0 Å². The van der Waals surface area contributed by atoms with Crippen molar-refractivity contribution in [1.29, 1.82) is 0 Å². The average molecular weight is 404 g/mol. The lowest BCUT2D eigenvalue weighted by molar-refractivity contribution is 0.0993. The second-order valence-electron chi connectivity index (χ2n) is 5.35. The van der Waals surface area contributed by atoms with Crippen molar-refractivity contribution in [2.75, 3.05) is 18.1 Å². The highest BCUT2D eigenvalue weighted by Crippen LogP contribution is 2.40. The number of carbonyl (C=O) groups excluding carboxylic acids is 1. The van der Waals surface area contributed by atoms with E-state index in [-0.39, 0.29) is 12.5 Å². The fraction of sp³-hybridized carbons (Fsp3) is 0.176. The number of halogens is 1. The van der Waals surface area contributed by atoms with Gasteiger partial charge in [0.05, 0.1) is 22.3 Å². The van der Waals surface area contributed by atoms with Gasteiger partial charge in [-0.3, -0.25) is 4.79 Å². The van der Waals surface area contributed by atoms with Crippen LogP contribution in [0.5, 0.6) is 0 Å². The van der Waals surface area contributed by atoms with E-state index in [0.29, 0.717) is 13.0 Å². The molecule has 4 nitrogen and oxygen atoms in total. The van der Waals surface area contributed by atoms with E-state index in [4.69, 9.17) is 10.1 Å². The van der Waals surface area contributed by atoms with Crippen molar-refractivity contribution in [2.24, 2.45) is 0 Å². The molecule has 0 aliphatic carbocycles. The fourth-order valence-corrected chi connectivity index (χ4v) is 3.58. The standard InChI is InChI=1S/C17H13IN2O2/c18-10-5-6-12-11(9-10)15-16-13(19-12)3-1-4-14(16)20(17(15)22)7-2-8-21/h1,3-6,9,21H,2,7-8H2. The molecule has 22 heavy (non-hydrogen) atoms. The molecular formula is C17H13IN2O2. The third kappa shape index (κ3) is 1.92. The van der Waals surface area contributed by atoms with Crippen LogP contribution < -0.4 is 4.90 Å². The second-order valence-corrected chi connectivity index (χ2v) is 6.60. The monoisotopic (exact) mass is 404 g/mol. The first-order valence-corrected chi connectivity index (χ1v) is 8.23. The zero-order valence-corrected chi connectivity index (χ0v) is 13.9. The molecule has 1 aliphatic rings. The fourth-order valence-electron chi connectivity index (χ4n) is 3.09. The maximum absolute atomic E-state index is 12.9. The first kappa shape index (κ1) is 13.9. The highest BCUT2D eigenvalue weighted by atomic mass is 127. The van der Waals surface area contributed by atoms with Crippen LogP contribution in [0.4, 0.5) is 5.69 Å². The number of fused-ring (bicyclic) bond motifs is 2. The highest BCUT2D eigenvalue weighted by Gasteiger charge is 2.31. The van der Waals surface area contributed by atoms with E-state index >= 15 is 0 Å². The number of anilines is 1. The zero-order chi connectivity index (χ0) is 15.3. The molecule has 5 heteroatoms. The lowest BCUT2D eigenvalue weighted by Crippen LogP contribution is -2.28. The summed E-state index contributed by atoms with van der Waals surface area (Å²) in [6.07, 6.45) is 0.568. The van der Waals surface area contributed by atoms with Gasteiger partial charge in [0.2, 0.25) is 0 Å². The molecule has 0 saturated heterocycles. The van der Waals surface area contributed by atoms with Crippen molar-refractivity contribution in [3.8, 4) is 0 Å². The van der Waals surface area contributed by atoms with Gasteiger partial charge in [-0.2, -0.15) is 0 Å². The minimum atomic E-state index is 0.00838. The van der Waals surface area contributed by atoms with E-state index < -0.39 is 0 Å². The molecule has 1 aromatic heterocycles. The molecule has 3 aromatic rings. The number of aliphatic hydroxyl groups excluding tert-OH is 1. The molecule has 4 rings (SSSR count). The van der Waals surface area contributed by atoms with E-state index in [2.05, 4.69) is 22.6 Å². The van der Waals surface area contributed by atoms with Gasteiger partial charge in [-0.25, -0.2) is 4.98 Å². The normalized spacial score (nSPS) is 13.5. The summed E-state index contributed by atoms with van der Waals surface area (Å²) in [5.74, 6) is 0.00838. The van der Waals surface area contributed by atoms with Crippen molar-refractivity contribution >= 4 is 56.0 Å². The molecule has 2 aromatic carbocycles. The SMILES string of the molecule is O=C1c2c3cc(I)ccc3nc3cccc(c23)N1CCCO. The minimum absolute atomic E-state index is 0.00838. The van der Waals surface area contributed by atoms with Gasteiger partial charge < -0.3 is 10.0 Å². The lowest BCUT2D eigenvalue weighted by atomic mass is 10.0. The maximum atomic E-state index is 12.9. The number of hydrogen-bond donors (Lipinski definition) is 1. The summed E-state index contributed by atoms with van der Waals surface area (Å²) in [6, 6.07) is 11.8. The van der Waals surface area contributed by atoms with Gasteiger partial charge in [-0.05, 0) is 59.3 Å². The third-order valence-corrected chi connectivity index (χ3v) is 4.70. The molecule has 0 bridgehead atoms. The van der Waals surface area contributed by atoms with Crippen molar-refractivity contribution < 1.29 is 9.90 Å². The van der Waals surface area contributed by atoms with Gasteiger partial charge in [0, 0.05) is 27.5 Å². The lowest BCUT2D eigenvalue weighted by Gasteiger charge is -2.16. The summed E-state index contributed by atoms with van der Waals surface area (Å²) in [5.41, 5.74) is 3.34. The summed E-state index contributed by atoms with van der Waals surface area (Å²) in [5, 5.41) is 10.9. The van der Waals surface area contributed by atoms with Crippen LogP contribution in [0.15, 0.2) is 36.4 Å². The number of aliphatic hydroxyl groups is 1. The Morgan fingerprint density at radius 3 is 2.86 bits per heavy atom. The number of aromatic nitrogens is 1. The smallest absolute Gasteiger partial charge is 0.259 e. The van der Waals surface area contributed by atoms with Crippen LogP contribution >= 0.6 is 22.6 Å². The van der Waals surface area contributed by atoms with Gasteiger partial charge in [0.15, 0.2) is 0 Å².